The third-order valence-corrected chi connectivity index (χ3v) is 4.67. The van der Waals surface area contributed by atoms with Crippen molar-refractivity contribution in [1.82, 2.24) is 20.2 Å². The van der Waals surface area contributed by atoms with Crippen LogP contribution in [0.1, 0.15) is 39.9 Å². The van der Waals surface area contributed by atoms with Gasteiger partial charge in [-0.3, -0.25) is 5.10 Å². The van der Waals surface area contributed by atoms with Crippen LogP contribution in [0.2, 0.25) is 0 Å². The number of nitrogens with zero attached hydrogens (tertiary/aromatic N) is 3. The predicted octanol–water partition coefficient (Wildman–Crippen LogP) is 2.93. The van der Waals surface area contributed by atoms with Crippen LogP contribution in [-0.4, -0.2) is 32.7 Å². The zero-order chi connectivity index (χ0) is 18.0. The summed E-state index contributed by atoms with van der Waals surface area (Å²) in [4.78, 5) is 20.7. The minimum atomic E-state index is -0.449. The Hall–Kier alpha value is -3.28. The highest BCUT2D eigenvalue weighted by atomic mass is 16.5. The number of carbonyl (C=O) groups is 1. The third kappa shape index (κ3) is 2.60. The van der Waals surface area contributed by atoms with Gasteiger partial charge in [0.15, 0.2) is 5.69 Å². The number of aromatic amines is 1. The van der Waals surface area contributed by atoms with Gasteiger partial charge in [-0.15, -0.1) is 0 Å². The van der Waals surface area contributed by atoms with E-state index in [1.165, 1.54) is 0 Å². The molecule has 1 N–H and O–H groups in total. The molecule has 1 atom stereocenters. The lowest BCUT2D eigenvalue weighted by molar-refractivity contribution is 0.0519. The van der Waals surface area contributed by atoms with Crippen LogP contribution in [0.25, 0.3) is 6.08 Å². The van der Waals surface area contributed by atoms with Crippen molar-refractivity contribution in [1.29, 1.82) is 0 Å². The molecule has 0 spiro atoms. The fraction of sp³-hybridized carbons (Fsp3) is 0.200. The number of nitrogens with one attached hydrogen (secondary N) is 1. The summed E-state index contributed by atoms with van der Waals surface area (Å²) < 4.78 is 5.10. The van der Waals surface area contributed by atoms with Gasteiger partial charge in [0.05, 0.1) is 17.7 Å². The van der Waals surface area contributed by atoms with Crippen LogP contribution in [0.3, 0.4) is 0 Å². The van der Waals surface area contributed by atoms with Crippen molar-refractivity contribution in [2.24, 2.45) is 0 Å². The Morgan fingerprint density at radius 2 is 2.12 bits per heavy atom. The Morgan fingerprint density at radius 3 is 2.85 bits per heavy atom. The van der Waals surface area contributed by atoms with Crippen LogP contribution in [0.4, 0.5) is 0 Å². The first kappa shape index (κ1) is 16.2. The molecule has 0 radical (unpaired) electrons. The average Bonchev–Trinajstić information content (AvgIpc) is 3.12. The van der Waals surface area contributed by atoms with Crippen molar-refractivity contribution in [3.05, 3.63) is 83.2 Å². The Balaban J connectivity index is 1.83. The first-order valence-corrected chi connectivity index (χ1v) is 8.50. The highest BCUT2D eigenvalue weighted by molar-refractivity contribution is 5.92. The molecule has 0 amide bonds. The van der Waals surface area contributed by atoms with E-state index in [1.54, 1.807) is 19.4 Å². The van der Waals surface area contributed by atoms with Crippen LogP contribution in [0.5, 0.6) is 0 Å². The number of benzene rings is 1. The number of allylic oxidation sites excluding steroid dienone is 1. The summed E-state index contributed by atoms with van der Waals surface area (Å²) in [6.07, 6.45) is 7.94. The fourth-order valence-electron chi connectivity index (χ4n) is 3.43. The zero-order valence-corrected chi connectivity index (χ0v) is 14.3. The summed E-state index contributed by atoms with van der Waals surface area (Å²) >= 11 is 0. The summed E-state index contributed by atoms with van der Waals surface area (Å²) in [6, 6.07) is 12.1. The standard InChI is InChI=1S/C20H18N4O2/c1-2-26-19(25)18-15-8-10-20(12-16(15)23-24-18,14-6-4-3-5-7-14)17-9-11-21-13-22-17/h3-11,13H,2,12H2,1H3,(H,23,24). The predicted molar refractivity (Wildman–Crippen MR) is 96.5 cm³/mol. The van der Waals surface area contributed by atoms with Crippen molar-refractivity contribution in [3.8, 4) is 0 Å². The molecular formula is C20H18N4O2. The monoisotopic (exact) mass is 346 g/mol. The Bertz CT molecular complexity index is 909. The van der Waals surface area contributed by atoms with Crippen molar-refractivity contribution in [2.45, 2.75) is 18.8 Å². The molecule has 26 heavy (non-hydrogen) atoms. The van der Waals surface area contributed by atoms with Crippen LogP contribution in [0, 0.1) is 0 Å². The van der Waals surface area contributed by atoms with Gasteiger partial charge < -0.3 is 4.74 Å². The lowest BCUT2D eigenvalue weighted by atomic mass is 9.70. The molecule has 0 bridgehead atoms. The average molecular weight is 346 g/mol. The molecule has 0 saturated carbocycles. The Labute approximate surface area is 151 Å². The molecule has 1 aliphatic carbocycles. The maximum Gasteiger partial charge on any atom is 0.359 e. The Morgan fingerprint density at radius 1 is 1.27 bits per heavy atom. The van der Waals surface area contributed by atoms with Crippen molar-refractivity contribution >= 4 is 12.0 Å². The highest BCUT2D eigenvalue weighted by Gasteiger charge is 2.38. The number of aromatic nitrogens is 4. The maximum absolute atomic E-state index is 12.1. The minimum absolute atomic E-state index is 0.319. The number of ether oxygens (including phenoxy) is 1. The summed E-state index contributed by atoms with van der Waals surface area (Å²) in [5.41, 5.74) is 3.56. The number of rotatable bonds is 4. The summed E-state index contributed by atoms with van der Waals surface area (Å²) in [7, 11) is 0. The van der Waals surface area contributed by atoms with Gasteiger partial charge in [0, 0.05) is 23.9 Å². The van der Waals surface area contributed by atoms with E-state index in [0.717, 1.165) is 22.5 Å². The molecule has 3 aromatic rings. The van der Waals surface area contributed by atoms with E-state index in [0.29, 0.717) is 18.7 Å². The maximum atomic E-state index is 12.1. The molecule has 4 rings (SSSR count). The van der Waals surface area contributed by atoms with E-state index >= 15 is 0 Å². The smallest absolute Gasteiger partial charge is 0.359 e. The first-order valence-electron chi connectivity index (χ1n) is 8.50. The first-order chi connectivity index (χ1) is 12.7. The molecular weight excluding hydrogens is 328 g/mol. The Kier molecular flexibility index (Phi) is 4.08. The van der Waals surface area contributed by atoms with Crippen LogP contribution in [-0.2, 0) is 16.6 Å². The zero-order valence-electron chi connectivity index (χ0n) is 14.3. The number of hydrogen-bond donors (Lipinski definition) is 1. The molecule has 1 unspecified atom stereocenters. The number of carbonyl (C=O) groups excluding carboxylic acids is 1. The van der Waals surface area contributed by atoms with E-state index in [4.69, 9.17) is 4.74 Å². The van der Waals surface area contributed by atoms with Crippen molar-refractivity contribution in [3.63, 3.8) is 0 Å². The van der Waals surface area contributed by atoms with E-state index in [-0.39, 0.29) is 0 Å². The molecule has 130 valence electrons. The van der Waals surface area contributed by atoms with Gasteiger partial charge in [-0.05, 0) is 18.6 Å². The normalized spacial score (nSPS) is 18.3. The summed E-state index contributed by atoms with van der Waals surface area (Å²) in [5.74, 6) is -0.413. The minimum Gasteiger partial charge on any atom is -0.461 e. The second-order valence-corrected chi connectivity index (χ2v) is 6.13. The molecule has 0 fully saturated rings. The van der Waals surface area contributed by atoms with Crippen LogP contribution in [0.15, 0.2) is 55.0 Å². The van der Waals surface area contributed by atoms with Crippen molar-refractivity contribution in [2.75, 3.05) is 6.61 Å². The molecule has 6 heteroatoms. The molecule has 6 nitrogen and oxygen atoms in total. The second-order valence-electron chi connectivity index (χ2n) is 6.13. The van der Waals surface area contributed by atoms with Crippen LogP contribution >= 0.6 is 0 Å². The molecule has 0 aliphatic heterocycles. The second kappa shape index (κ2) is 6.55. The number of hydrogen-bond acceptors (Lipinski definition) is 5. The molecule has 2 aromatic heterocycles. The van der Waals surface area contributed by atoms with Gasteiger partial charge >= 0.3 is 5.97 Å². The van der Waals surface area contributed by atoms with E-state index < -0.39 is 11.4 Å². The number of fused-ring (bicyclic) bond motifs is 1. The van der Waals surface area contributed by atoms with Gasteiger partial charge in [0.25, 0.3) is 0 Å². The molecule has 0 saturated heterocycles. The van der Waals surface area contributed by atoms with Crippen LogP contribution < -0.4 is 0 Å². The van der Waals surface area contributed by atoms with Gasteiger partial charge in [-0.2, -0.15) is 5.10 Å². The highest BCUT2D eigenvalue weighted by Crippen LogP contribution is 2.40. The van der Waals surface area contributed by atoms with E-state index in [1.807, 2.05) is 30.3 Å². The van der Waals surface area contributed by atoms with Crippen molar-refractivity contribution < 1.29 is 9.53 Å². The fourth-order valence-corrected chi connectivity index (χ4v) is 3.43. The van der Waals surface area contributed by atoms with Gasteiger partial charge in [0.2, 0.25) is 0 Å². The molecule has 2 heterocycles. The van der Waals surface area contributed by atoms with E-state index in [9.17, 15) is 4.79 Å². The lowest BCUT2D eigenvalue weighted by Gasteiger charge is -2.33. The lowest BCUT2D eigenvalue weighted by Crippen LogP contribution is -2.31. The molecule has 1 aromatic carbocycles. The quantitative estimate of drug-likeness (QED) is 0.735. The van der Waals surface area contributed by atoms with Gasteiger partial charge in [0.1, 0.15) is 6.33 Å². The summed E-state index contributed by atoms with van der Waals surface area (Å²) in [5, 5.41) is 7.20. The number of esters is 1. The van der Waals surface area contributed by atoms with Gasteiger partial charge in [-0.25, -0.2) is 14.8 Å². The topological polar surface area (TPSA) is 80.8 Å². The SMILES string of the molecule is CCOC(=O)c1n[nH]c2c1C=CC(c1ccccc1)(c1ccncn1)C2. The van der Waals surface area contributed by atoms with E-state index in [2.05, 4.69) is 38.4 Å². The molecule has 1 aliphatic rings. The largest absolute Gasteiger partial charge is 0.461 e. The van der Waals surface area contributed by atoms with Gasteiger partial charge in [-0.1, -0.05) is 42.5 Å². The number of H-pyrrole nitrogens is 1. The third-order valence-electron chi connectivity index (χ3n) is 4.67. The summed E-state index contributed by atoms with van der Waals surface area (Å²) in [6.45, 7) is 2.10.